The van der Waals surface area contributed by atoms with Gasteiger partial charge in [0.1, 0.15) is 0 Å². The van der Waals surface area contributed by atoms with E-state index in [1.54, 1.807) is 5.48 Å². The average Bonchev–Trinajstić information content (AvgIpc) is 2.61. The molecule has 122 valence electrons. The molecule has 0 aliphatic rings. The van der Waals surface area contributed by atoms with Gasteiger partial charge in [-0.2, -0.15) is 0 Å². The van der Waals surface area contributed by atoms with Gasteiger partial charge in [-0.1, -0.05) is 62.7 Å². The van der Waals surface area contributed by atoms with E-state index in [9.17, 15) is 4.79 Å². The van der Waals surface area contributed by atoms with Gasteiger partial charge in [-0.3, -0.25) is 10.0 Å². The van der Waals surface area contributed by atoms with Crippen LogP contribution in [-0.2, 0) is 4.79 Å². The Labute approximate surface area is 137 Å². The molecule has 0 saturated carbocycles. The lowest BCUT2D eigenvalue weighted by Crippen LogP contribution is -2.27. The number of hydrogen-bond donors (Lipinski definition) is 3. The largest absolute Gasteiger partial charge is 0.385 e. The minimum absolute atomic E-state index is 0.434. The summed E-state index contributed by atoms with van der Waals surface area (Å²) in [5.74, 6) is -0.340. The number of rotatable bonds is 7. The molecule has 0 fully saturated rings. The molecular formula is C19H24N2O2. The highest BCUT2D eigenvalue weighted by Gasteiger charge is 2.22. The van der Waals surface area contributed by atoms with Crippen LogP contribution < -0.4 is 10.8 Å². The molecule has 2 aromatic carbocycles. The maximum atomic E-state index is 12.1. The highest BCUT2D eigenvalue weighted by Crippen LogP contribution is 2.26. The van der Waals surface area contributed by atoms with Crippen molar-refractivity contribution < 1.29 is 10.0 Å². The second kappa shape index (κ2) is 8.34. The molecule has 0 saturated heterocycles. The van der Waals surface area contributed by atoms with Crippen LogP contribution in [0.25, 0.3) is 0 Å². The van der Waals surface area contributed by atoms with E-state index in [2.05, 4.69) is 19.2 Å². The molecule has 4 heteroatoms. The predicted molar refractivity (Wildman–Crippen MR) is 92.6 cm³/mol. The van der Waals surface area contributed by atoms with Crippen LogP contribution in [0.3, 0.4) is 0 Å². The molecule has 2 atom stereocenters. The molecule has 2 aromatic rings. The number of carbonyl (C=O) groups is 1. The molecule has 0 aliphatic heterocycles. The molecule has 0 radical (unpaired) electrons. The summed E-state index contributed by atoms with van der Waals surface area (Å²) in [5.41, 5.74) is 4.49. The van der Waals surface area contributed by atoms with E-state index >= 15 is 0 Å². The van der Waals surface area contributed by atoms with Crippen LogP contribution in [0.15, 0.2) is 54.6 Å². The van der Waals surface area contributed by atoms with Crippen LogP contribution in [0.5, 0.6) is 0 Å². The lowest BCUT2D eigenvalue weighted by atomic mass is 9.90. The Balaban J connectivity index is 2.18. The third-order valence-electron chi connectivity index (χ3n) is 4.10. The van der Waals surface area contributed by atoms with Crippen LogP contribution in [0.4, 0.5) is 5.69 Å². The van der Waals surface area contributed by atoms with Crippen LogP contribution in [0.1, 0.15) is 37.3 Å². The Bertz CT molecular complexity index is 611. The van der Waals surface area contributed by atoms with Gasteiger partial charge in [0.05, 0.1) is 5.92 Å². The highest BCUT2D eigenvalue weighted by atomic mass is 16.5. The zero-order valence-electron chi connectivity index (χ0n) is 13.6. The van der Waals surface area contributed by atoms with E-state index in [1.165, 1.54) is 0 Å². The Morgan fingerprint density at radius 1 is 1.04 bits per heavy atom. The smallest absolute Gasteiger partial charge is 0.255 e. The van der Waals surface area contributed by atoms with Gasteiger partial charge < -0.3 is 5.32 Å². The molecule has 0 aromatic heterocycles. The van der Waals surface area contributed by atoms with Gasteiger partial charge >= 0.3 is 0 Å². The third-order valence-corrected chi connectivity index (χ3v) is 4.10. The summed E-state index contributed by atoms with van der Waals surface area (Å²) in [6, 6.07) is 17.2. The normalized spacial score (nSPS) is 13.2. The van der Waals surface area contributed by atoms with Crippen LogP contribution >= 0.6 is 0 Å². The van der Waals surface area contributed by atoms with E-state index in [0.29, 0.717) is 5.92 Å². The van der Waals surface area contributed by atoms with Crippen molar-refractivity contribution >= 4 is 11.6 Å². The van der Waals surface area contributed by atoms with Crippen molar-refractivity contribution in [3.05, 3.63) is 65.7 Å². The number of anilines is 1. The Morgan fingerprint density at radius 3 is 2.22 bits per heavy atom. The van der Waals surface area contributed by atoms with Crippen molar-refractivity contribution in [1.29, 1.82) is 0 Å². The molecule has 2 unspecified atom stereocenters. The summed E-state index contributed by atoms with van der Waals surface area (Å²) in [4.78, 5) is 12.1. The molecular weight excluding hydrogens is 288 g/mol. The maximum Gasteiger partial charge on any atom is 0.255 e. The van der Waals surface area contributed by atoms with Crippen molar-refractivity contribution in [2.24, 2.45) is 5.92 Å². The van der Waals surface area contributed by atoms with Crippen LogP contribution in [-0.4, -0.2) is 17.7 Å². The summed E-state index contributed by atoms with van der Waals surface area (Å²) >= 11 is 0. The van der Waals surface area contributed by atoms with Crippen molar-refractivity contribution in [3.63, 3.8) is 0 Å². The van der Waals surface area contributed by atoms with Gasteiger partial charge in [-0.25, -0.2) is 5.48 Å². The number of nitrogens with one attached hydrogen (secondary N) is 2. The lowest BCUT2D eigenvalue weighted by molar-refractivity contribution is -0.129. The molecule has 0 bridgehead atoms. The zero-order chi connectivity index (χ0) is 16.7. The standard InChI is InChI=1S/C19H24N2O2/c1-3-14(2)13-20-17-11-9-16(10-12-17)18(19(22)21-23)15-7-5-4-6-8-15/h4-12,14,18,20,23H,3,13H2,1-2H3,(H,21,22). The minimum atomic E-state index is -0.523. The average molecular weight is 312 g/mol. The second-order valence-corrected chi connectivity index (χ2v) is 5.84. The first-order valence-corrected chi connectivity index (χ1v) is 7.98. The van der Waals surface area contributed by atoms with Gasteiger partial charge in [0.15, 0.2) is 0 Å². The van der Waals surface area contributed by atoms with Crippen molar-refractivity contribution in [2.45, 2.75) is 26.2 Å². The summed E-state index contributed by atoms with van der Waals surface area (Å²) < 4.78 is 0. The van der Waals surface area contributed by atoms with E-state index < -0.39 is 11.8 Å². The second-order valence-electron chi connectivity index (χ2n) is 5.84. The van der Waals surface area contributed by atoms with Crippen molar-refractivity contribution in [2.75, 3.05) is 11.9 Å². The third kappa shape index (κ3) is 4.57. The first-order chi connectivity index (χ1) is 11.2. The molecule has 0 aliphatic carbocycles. The number of hydrogen-bond acceptors (Lipinski definition) is 3. The number of benzene rings is 2. The van der Waals surface area contributed by atoms with Gasteiger partial charge in [0.2, 0.25) is 0 Å². The number of carbonyl (C=O) groups excluding carboxylic acids is 1. The van der Waals surface area contributed by atoms with Crippen LogP contribution in [0, 0.1) is 5.92 Å². The van der Waals surface area contributed by atoms with Gasteiger partial charge in [-0.15, -0.1) is 0 Å². The molecule has 4 nitrogen and oxygen atoms in total. The molecule has 1 amide bonds. The first kappa shape index (κ1) is 17.0. The molecule has 0 spiro atoms. The van der Waals surface area contributed by atoms with E-state index in [1.807, 2.05) is 54.6 Å². The quantitative estimate of drug-likeness (QED) is 0.538. The Hall–Kier alpha value is -2.33. The fraction of sp³-hybridized carbons (Fsp3) is 0.316. The summed E-state index contributed by atoms with van der Waals surface area (Å²) in [6.07, 6.45) is 1.14. The monoisotopic (exact) mass is 312 g/mol. The predicted octanol–water partition coefficient (Wildman–Crippen LogP) is 3.78. The van der Waals surface area contributed by atoms with E-state index in [-0.39, 0.29) is 0 Å². The molecule has 2 rings (SSSR count). The zero-order valence-corrected chi connectivity index (χ0v) is 13.6. The first-order valence-electron chi connectivity index (χ1n) is 7.98. The topological polar surface area (TPSA) is 61.4 Å². The fourth-order valence-electron chi connectivity index (χ4n) is 2.44. The van der Waals surface area contributed by atoms with Gasteiger partial charge in [-0.05, 0) is 29.2 Å². The maximum absolute atomic E-state index is 12.1. The molecule has 3 N–H and O–H groups in total. The van der Waals surface area contributed by atoms with Crippen molar-refractivity contribution in [3.8, 4) is 0 Å². The lowest BCUT2D eigenvalue weighted by Gasteiger charge is -2.17. The molecule has 0 heterocycles. The minimum Gasteiger partial charge on any atom is -0.385 e. The van der Waals surface area contributed by atoms with Gasteiger partial charge in [0.25, 0.3) is 5.91 Å². The van der Waals surface area contributed by atoms with Crippen LogP contribution in [0.2, 0.25) is 0 Å². The SMILES string of the molecule is CCC(C)CNc1ccc(C(C(=O)NO)c2ccccc2)cc1. The number of amides is 1. The van der Waals surface area contributed by atoms with Crippen molar-refractivity contribution in [1.82, 2.24) is 5.48 Å². The number of hydroxylamine groups is 1. The fourth-order valence-corrected chi connectivity index (χ4v) is 2.44. The summed E-state index contributed by atoms with van der Waals surface area (Å²) in [7, 11) is 0. The van der Waals surface area contributed by atoms with E-state index in [0.717, 1.165) is 29.8 Å². The summed E-state index contributed by atoms with van der Waals surface area (Å²) in [6.45, 7) is 5.31. The van der Waals surface area contributed by atoms with Gasteiger partial charge in [0, 0.05) is 12.2 Å². The Kier molecular flexibility index (Phi) is 6.18. The van der Waals surface area contributed by atoms with E-state index in [4.69, 9.17) is 5.21 Å². The summed E-state index contributed by atoms with van der Waals surface area (Å²) in [5, 5.41) is 12.4. The highest BCUT2D eigenvalue weighted by molar-refractivity contribution is 5.86. The molecule has 23 heavy (non-hydrogen) atoms. The Morgan fingerprint density at radius 2 is 1.65 bits per heavy atom.